The number of fused-ring (bicyclic) bond motifs is 1. The average molecular weight is 302 g/mol. The van der Waals surface area contributed by atoms with Crippen LogP contribution < -0.4 is 4.74 Å². The summed E-state index contributed by atoms with van der Waals surface area (Å²) in [4.78, 5) is 2.50. The molecule has 1 aliphatic heterocycles. The second-order valence-electron chi connectivity index (χ2n) is 5.88. The Labute approximate surface area is 132 Å². The lowest BCUT2D eigenvalue weighted by atomic mass is 10.1. The molecule has 22 heavy (non-hydrogen) atoms. The van der Waals surface area contributed by atoms with Crippen molar-refractivity contribution in [2.75, 3.05) is 40.0 Å². The van der Waals surface area contributed by atoms with Crippen LogP contribution in [-0.4, -0.2) is 49.4 Å². The highest BCUT2D eigenvalue weighted by molar-refractivity contribution is 5.85. The molecule has 0 amide bonds. The van der Waals surface area contributed by atoms with Crippen LogP contribution in [0, 0.1) is 0 Å². The molecule has 0 spiro atoms. The minimum atomic E-state index is 0.881. The molecule has 1 aromatic heterocycles. The lowest BCUT2D eigenvalue weighted by molar-refractivity contribution is 0.0375. The van der Waals surface area contributed by atoms with Crippen LogP contribution in [-0.2, 0) is 17.7 Å². The summed E-state index contributed by atoms with van der Waals surface area (Å²) in [7, 11) is 1.73. The van der Waals surface area contributed by atoms with E-state index in [4.69, 9.17) is 9.47 Å². The third-order valence-corrected chi connectivity index (χ3v) is 4.54. The van der Waals surface area contributed by atoms with Crippen LogP contribution in [0.15, 0.2) is 24.4 Å². The van der Waals surface area contributed by atoms with Gasteiger partial charge in [-0.3, -0.25) is 4.90 Å². The molecule has 4 heteroatoms. The summed E-state index contributed by atoms with van der Waals surface area (Å²) in [5.74, 6) is 0.941. The molecule has 1 fully saturated rings. The summed E-state index contributed by atoms with van der Waals surface area (Å²) in [6, 6.07) is 6.39. The smallest absolute Gasteiger partial charge is 0.119 e. The van der Waals surface area contributed by atoms with Gasteiger partial charge in [-0.25, -0.2) is 0 Å². The van der Waals surface area contributed by atoms with Gasteiger partial charge in [0.2, 0.25) is 0 Å². The number of aromatic nitrogens is 1. The highest BCUT2D eigenvalue weighted by Gasteiger charge is 2.12. The molecule has 0 radical (unpaired) electrons. The fourth-order valence-electron chi connectivity index (χ4n) is 3.26. The Bertz CT molecular complexity index is 615. The molecule has 1 aromatic carbocycles. The zero-order chi connectivity index (χ0) is 15.4. The van der Waals surface area contributed by atoms with Gasteiger partial charge in [0.05, 0.1) is 20.3 Å². The largest absolute Gasteiger partial charge is 0.497 e. The van der Waals surface area contributed by atoms with Gasteiger partial charge in [0.1, 0.15) is 5.75 Å². The van der Waals surface area contributed by atoms with Crippen LogP contribution in [0.1, 0.15) is 18.9 Å². The lowest BCUT2D eigenvalue weighted by Gasteiger charge is -2.26. The number of nitrogens with zero attached hydrogens (tertiary/aromatic N) is 2. The summed E-state index contributed by atoms with van der Waals surface area (Å²) in [6.45, 7) is 8.27. The van der Waals surface area contributed by atoms with E-state index in [-0.39, 0.29) is 0 Å². The first kappa shape index (κ1) is 15.4. The van der Waals surface area contributed by atoms with E-state index >= 15 is 0 Å². The van der Waals surface area contributed by atoms with Gasteiger partial charge in [-0.05, 0) is 50.1 Å². The molecule has 1 aliphatic rings. The van der Waals surface area contributed by atoms with Gasteiger partial charge in [0.15, 0.2) is 0 Å². The van der Waals surface area contributed by atoms with E-state index in [1.165, 1.54) is 22.9 Å². The maximum absolute atomic E-state index is 5.41. The number of aryl methyl sites for hydroxylation is 2. The van der Waals surface area contributed by atoms with Gasteiger partial charge < -0.3 is 14.0 Å². The summed E-state index contributed by atoms with van der Waals surface area (Å²) >= 11 is 0. The minimum absolute atomic E-state index is 0.881. The summed E-state index contributed by atoms with van der Waals surface area (Å²) < 4.78 is 13.1. The summed E-state index contributed by atoms with van der Waals surface area (Å²) in [6.07, 6.45) is 4.62. The van der Waals surface area contributed by atoms with Gasteiger partial charge >= 0.3 is 0 Å². The summed E-state index contributed by atoms with van der Waals surface area (Å²) in [5, 5.41) is 1.34. The predicted molar refractivity (Wildman–Crippen MR) is 89.7 cm³/mol. The highest BCUT2D eigenvalue weighted by atomic mass is 16.5. The van der Waals surface area contributed by atoms with Gasteiger partial charge in [-0.1, -0.05) is 0 Å². The first-order valence-corrected chi connectivity index (χ1v) is 8.27. The quantitative estimate of drug-likeness (QED) is 0.821. The number of hydrogen-bond donors (Lipinski definition) is 0. The van der Waals surface area contributed by atoms with E-state index in [2.05, 4.69) is 34.7 Å². The Balaban J connectivity index is 1.71. The Morgan fingerprint density at radius 2 is 2.05 bits per heavy atom. The van der Waals surface area contributed by atoms with Gasteiger partial charge in [0.25, 0.3) is 0 Å². The van der Waals surface area contributed by atoms with Crippen molar-refractivity contribution in [2.45, 2.75) is 26.3 Å². The second kappa shape index (κ2) is 7.16. The van der Waals surface area contributed by atoms with E-state index in [0.29, 0.717) is 0 Å². The molecule has 120 valence electrons. The Hall–Kier alpha value is -1.52. The zero-order valence-corrected chi connectivity index (χ0v) is 13.7. The minimum Gasteiger partial charge on any atom is -0.497 e. The first-order valence-electron chi connectivity index (χ1n) is 8.27. The zero-order valence-electron chi connectivity index (χ0n) is 13.7. The van der Waals surface area contributed by atoms with E-state index in [9.17, 15) is 0 Å². The molecule has 1 saturated heterocycles. The number of rotatable bonds is 6. The lowest BCUT2D eigenvalue weighted by Crippen LogP contribution is -2.36. The number of morpholine rings is 1. The molecule has 0 saturated carbocycles. The average Bonchev–Trinajstić information content (AvgIpc) is 2.93. The Morgan fingerprint density at radius 1 is 1.23 bits per heavy atom. The maximum Gasteiger partial charge on any atom is 0.119 e. The van der Waals surface area contributed by atoms with Crippen molar-refractivity contribution in [2.24, 2.45) is 0 Å². The summed E-state index contributed by atoms with van der Waals surface area (Å²) in [5.41, 5.74) is 2.74. The van der Waals surface area contributed by atoms with Crippen LogP contribution in [0.25, 0.3) is 10.9 Å². The number of hydrogen-bond acceptors (Lipinski definition) is 3. The van der Waals surface area contributed by atoms with Crippen molar-refractivity contribution >= 4 is 10.9 Å². The van der Waals surface area contributed by atoms with Crippen molar-refractivity contribution in [1.29, 1.82) is 0 Å². The van der Waals surface area contributed by atoms with Crippen LogP contribution in [0.4, 0.5) is 0 Å². The van der Waals surface area contributed by atoms with Crippen LogP contribution in [0.2, 0.25) is 0 Å². The van der Waals surface area contributed by atoms with E-state index in [1.54, 1.807) is 7.11 Å². The van der Waals surface area contributed by atoms with Crippen molar-refractivity contribution in [1.82, 2.24) is 9.47 Å². The van der Waals surface area contributed by atoms with Crippen molar-refractivity contribution < 1.29 is 9.47 Å². The van der Waals surface area contributed by atoms with Crippen molar-refractivity contribution in [3.63, 3.8) is 0 Å². The van der Waals surface area contributed by atoms with Crippen LogP contribution >= 0.6 is 0 Å². The normalized spacial score (nSPS) is 16.3. The molecule has 2 aromatic rings. The third kappa shape index (κ3) is 3.28. The van der Waals surface area contributed by atoms with Gasteiger partial charge in [-0.2, -0.15) is 0 Å². The second-order valence-corrected chi connectivity index (χ2v) is 5.88. The molecule has 0 unspecified atom stereocenters. The molecule has 4 nitrogen and oxygen atoms in total. The molecule has 0 atom stereocenters. The highest BCUT2D eigenvalue weighted by Crippen LogP contribution is 2.27. The van der Waals surface area contributed by atoms with Crippen LogP contribution in [0.3, 0.4) is 0 Å². The van der Waals surface area contributed by atoms with E-state index in [1.807, 2.05) is 6.07 Å². The molecule has 0 aliphatic carbocycles. The van der Waals surface area contributed by atoms with Crippen LogP contribution in [0.5, 0.6) is 5.75 Å². The SMILES string of the molecule is CCn1cc(CCCN2CCOCC2)c2cc(OC)ccc21. The Kier molecular flexibility index (Phi) is 5.01. The van der Waals surface area contributed by atoms with Crippen molar-refractivity contribution in [3.05, 3.63) is 30.0 Å². The standard InChI is InChI=1S/C18H26N2O2/c1-3-20-14-15(5-4-8-19-9-11-22-12-10-19)17-13-16(21-2)6-7-18(17)20/h6-7,13-14H,3-5,8-12H2,1-2H3. The third-order valence-electron chi connectivity index (χ3n) is 4.54. The number of benzene rings is 1. The number of methoxy groups -OCH3 is 1. The fourth-order valence-corrected chi connectivity index (χ4v) is 3.26. The molecule has 0 N–H and O–H groups in total. The molecule has 0 bridgehead atoms. The molecule has 2 heterocycles. The van der Waals surface area contributed by atoms with E-state index < -0.39 is 0 Å². The Morgan fingerprint density at radius 3 is 2.77 bits per heavy atom. The van der Waals surface area contributed by atoms with E-state index in [0.717, 1.165) is 51.6 Å². The predicted octanol–water partition coefficient (Wildman–Crippen LogP) is 2.93. The molecule has 3 rings (SSSR count). The van der Waals surface area contributed by atoms with Gasteiger partial charge in [-0.15, -0.1) is 0 Å². The topological polar surface area (TPSA) is 26.6 Å². The molecular weight excluding hydrogens is 276 g/mol. The fraction of sp³-hybridized carbons (Fsp3) is 0.556. The monoisotopic (exact) mass is 302 g/mol. The number of ether oxygens (including phenoxy) is 2. The maximum atomic E-state index is 5.41. The van der Waals surface area contributed by atoms with Crippen molar-refractivity contribution in [3.8, 4) is 5.75 Å². The first-order chi connectivity index (χ1) is 10.8. The van der Waals surface area contributed by atoms with Gasteiger partial charge in [0, 0.05) is 36.7 Å². The molecular formula is C18H26N2O2.